The van der Waals surface area contributed by atoms with Gasteiger partial charge < -0.3 is 9.47 Å². The third-order valence-corrected chi connectivity index (χ3v) is 6.71. The van der Waals surface area contributed by atoms with Gasteiger partial charge in [-0.25, -0.2) is 22.0 Å². The third-order valence-electron chi connectivity index (χ3n) is 6.71. The summed E-state index contributed by atoms with van der Waals surface area (Å²) in [6.07, 6.45) is 2.70. The highest BCUT2D eigenvalue weighted by molar-refractivity contribution is 5.67. The Bertz CT molecular complexity index is 1300. The van der Waals surface area contributed by atoms with Gasteiger partial charge in [-0.05, 0) is 55.9 Å². The number of halogens is 6. The standard InChI is InChI=1S/C29H26F6O2/c1-3-16-5-6-17(25(31)24(16)30)7-9-19-10-8-18(15-37-19)20-11-12-21(27(33)26(20)32)22-13-14-23(36-4-2)29(35)28(22)34/h3,5-6,11-14,18-19H,1,4,7-10,15H2,2H3. The second kappa shape index (κ2) is 11.4. The molecule has 8 heteroatoms. The second-order valence-corrected chi connectivity index (χ2v) is 8.92. The minimum absolute atomic E-state index is 0.0830. The van der Waals surface area contributed by atoms with E-state index in [9.17, 15) is 22.0 Å². The first-order valence-corrected chi connectivity index (χ1v) is 12.1. The fourth-order valence-corrected chi connectivity index (χ4v) is 4.64. The Morgan fingerprint density at radius 2 is 1.54 bits per heavy atom. The number of aryl methyl sites for hydroxylation is 1. The van der Waals surface area contributed by atoms with Crippen LogP contribution >= 0.6 is 0 Å². The van der Waals surface area contributed by atoms with Crippen molar-refractivity contribution in [2.45, 2.75) is 44.6 Å². The van der Waals surface area contributed by atoms with Crippen LogP contribution in [0.15, 0.2) is 43.0 Å². The molecular formula is C29H26F6O2. The molecule has 0 radical (unpaired) electrons. The lowest BCUT2D eigenvalue weighted by Gasteiger charge is -2.30. The average Bonchev–Trinajstić information content (AvgIpc) is 2.90. The monoisotopic (exact) mass is 520 g/mol. The average molecular weight is 521 g/mol. The topological polar surface area (TPSA) is 18.5 Å². The largest absolute Gasteiger partial charge is 0.491 e. The number of hydrogen-bond acceptors (Lipinski definition) is 2. The summed E-state index contributed by atoms with van der Waals surface area (Å²) in [6.45, 7) is 5.29. The Hall–Kier alpha value is -3.26. The Labute approximate surface area is 211 Å². The van der Waals surface area contributed by atoms with Crippen LogP contribution in [-0.2, 0) is 11.2 Å². The van der Waals surface area contributed by atoms with Crippen molar-refractivity contribution < 1.29 is 35.8 Å². The molecule has 3 aromatic rings. The molecule has 0 bridgehead atoms. The molecule has 1 aliphatic rings. The van der Waals surface area contributed by atoms with Gasteiger partial charge in [0.1, 0.15) is 0 Å². The molecule has 0 amide bonds. The van der Waals surface area contributed by atoms with E-state index in [4.69, 9.17) is 9.47 Å². The molecule has 0 aromatic heterocycles. The van der Waals surface area contributed by atoms with Gasteiger partial charge in [0.25, 0.3) is 0 Å². The van der Waals surface area contributed by atoms with Crippen LogP contribution in [0.4, 0.5) is 26.3 Å². The normalized spacial score (nSPS) is 17.6. The summed E-state index contributed by atoms with van der Waals surface area (Å²) in [4.78, 5) is 0. The van der Waals surface area contributed by atoms with E-state index in [0.29, 0.717) is 19.3 Å². The van der Waals surface area contributed by atoms with Crippen molar-refractivity contribution in [1.29, 1.82) is 0 Å². The minimum Gasteiger partial charge on any atom is -0.491 e. The molecular weight excluding hydrogens is 494 g/mol. The van der Waals surface area contributed by atoms with E-state index < -0.39 is 51.9 Å². The molecule has 1 heterocycles. The molecule has 2 unspecified atom stereocenters. The lowest BCUT2D eigenvalue weighted by molar-refractivity contribution is -0.00137. The van der Waals surface area contributed by atoms with Crippen LogP contribution in [0.1, 0.15) is 48.8 Å². The van der Waals surface area contributed by atoms with Crippen LogP contribution < -0.4 is 4.74 Å². The van der Waals surface area contributed by atoms with E-state index in [2.05, 4.69) is 6.58 Å². The first-order chi connectivity index (χ1) is 17.8. The molecule has 0 saturated carbocycles. The lowest BCUT2D eigenvalue weighted by Crippen LogP contribution is -2.26. The quantitative estimate of drug-likeness (QED) is 0.279. The lowest BCUT2D eigenvalue weighted by atomic mass is 9.88. The molecule has 1 aliphatic heterocycles. The number of rotatable bonds is 8. The molecule has 0 aliphatic carbocycles. The first-order valence-electron chi connectivity index (χ1n) is 12.1. The highest BCUT2D eigenvalue weighted by Crippen LogP contribution is 2.37. The molecule has 37 heavy (non-hydrogen) atoms. The van der Waals surface area contributed by atoms with Gasteiger partial charge in [0.05, 0.1) is 19.3 Å². The fourth-order valence-electron chi connectivity index (χ4n) is 4.64. The van der Waals surface area contributed by atoms with Gasteiger partial charge in [-0.3, -0.25) is 0 Å². The van der Waals surface area contributed by atoms with Crippen molar-refractivity contribution in [3.8, 4) is 16.9 Å². The molecule has 2 nitrogen and oxygen atoms in total. The Morgan fingerprint density at radius 1 is 0.838 bits per heavy atom. The van der Waals surface area contributed by atoms with E-state index in [1.54, 1.807) is 6.92 Å². The smallest absolute Gasteiger partial charge is 0.201 e. The van der Waals surface area contributed by atoms with Crippen molar-refractivity contribution in [1.82, 2.24) is 0 Å². The zero-order valence-electron chi connectivity index (χ0n) is 20.2. The van der Waals surface area contributed by atoms with Crippen LogP contribution in [0.2, 0.25) is 0 Å². The predicted octanol–water partition coefficient (Wildman–Crippen LogP) is 8.13. The minimum atomic E-state index is -1.32. The van der Waals surface area contributed by atoms with Gasteiger partial charge in [-0.1, -0.05) is 36.9 Å². The van der Waals surface area contributed by atoms with E-state index in [1.165, 1.54) is 36.4 Å². The zero-order valence-corrected chi connectivity index (χ0v) is 20.2. The van der Waals surface area contributed by atoms with Crippen molar-refractivity contribution in [2.24, 2.45) is 0 Å². The van der Waals surface area contributed by atoms with Crippen LogP contribution in [0.5, 0.6) is 5.75 Å². The van der Waals surface area contributed by atoms with Gasteiger partial charge in [0.2, 0.25) is 5.82 Å². The molecule has 196 valence electrons. The number of benzene rings is 3. The predicted molar refractivity (Wildman–Crippen MR) is 129 cm³/mol. The first kappa shape index (κ1) is 26.8. The van der Waals surface area contributed by atoms with Gasteiger partial charge in [0.15, 0.2) is 34.8 Å². The Kier molecular flexibility index (Phi) is 8.27. The summed E-state index contributed by atoms with van der Waals surface area (Å²) >= 11 is 0. The zero-order chi connectivity index (χ0) is 26.7. The maximum atomic E-state index is 15.0. The molecule has 2 atom stereocenters. The summed E-state index contributed by atoms with van der Waals surface area (Å²) in [5.41, 5.74) is -0.399. The summed E-state index contributed by atoms with van der Waals surface area (Å²) in [7, 11) is 0. The summed E-state index contributed by atoms with van der Waals surface area (Å²) in [6, 6.07) is 7.88. The summed E-state index contributed by atoms with van der Waals surface area (Å²) < 4.78 is 97.8. The molecule has 1 fully saturated rings. The van der Waals surface area contributed by atoms with E-state index in [-0.39, 0.29) is 48.2 Å². The number of ether oxygens (including phenoxy) is 2. The number of hydrogen-bond donors (Lipinski definition) is 0. The molecule has 0 spiro atoms. The SMILES string of the molecule is C=Cc1ccc(CCC2CCC(c3ccc(-c4ccc(OCC)c(F)c4F)c(F)c3F)CO2)c(F)c1F. The molecule has 0 N–H and O–H groups in total. The van der Waals surface area contributed by atoms with Gasteiger partial charge in [-0.15, -0.1) is 0 Å². The van der Waals surface area contributed by atoms with E-state index >= 15 is 4.39 Å². The Balaban J connectivity index is 1.43. The van der Waals surface area contributed by atoms with Crippen molar-refractivity contribution >= 4 is 6.08 Å². The maximum absolute atomic E-state index is 15.0. The van der Waals surface area contributed by atoms with E-state index in [1.807, 2.05) is 0 Å². The van der Waals surface area contributed by atoms with Crippen LogP contribution in [0, 0.1) is 34.9 Å². The maximum Gasteiger partial charge on any atom is 0.201 e. The molecule has 3 aromatic carbocycles. The van der Waals surface area contributed by atoms with Gasteiger partial charge in [0, 0.05) is 22.6 Å². The van der Waals surface area contributed by atoms with Crippen LogP contribution in [0.25, 0.3) is 17.2 Å². The molecule has 4 rings (SSSR count). The van der Waals surface area contributed by atoms with Gasteiger partial charge >= 0.3 is 0 Å². The van der Waals surface area contributed by atoms with Crippen molar-refractivity contribution in [2.75, 3.05) is 13.2 Å². The summed E-state index contributed by atoms with van der Waals surface area (Å²) in [5.74, 6) is -7.61. The summed E-state index contributed by atoms with van der Waals surface area (Å²) in [5, 5.41) is 0. The Morgan fingerprint density at radius 3 is 2.19 bits per heavy atom. The fraction of sp³-hybridized carbons (Fsp3) is 0.310. The third kappa shape index (κ3) is 5.39. The molecule has 1 saturated heterocycles. The van der Waals surface area contributed by atoms with Crippen molar-refractivity contribution in [3.63, 3.8) is 0 Å². The highest BCUT2D eigenvalue weighted by Gasteiger charge is 2.28. The van der Waals surface area contributed by atoms with Crippen molar-refractivity contribution in [3.05, 3.63) is 94.6 Å². The van der Waals surface area contributed by atoms with E-state index in [0.717, 1.165) is 6.07 Å². The van der Waals surface area contributed by atoms with Crippen LogP contribution in [-0.4, -0.2) is 19.3 Å². The van der Waals surface area contributed by atoms with Gasteiger partial charge in [-0.2, -0.15) is 4.39 Å². The highest BCUT2D eigenvalue weighted by atomic mass is 19.2. The second-order valence-electron chi connectivity index (χ2n) is 8.92. The van der Waals surface area contributed by atoms with Crippen LogP contribution in [0.3, 0.4) is 0 Å².